The maximum absolute atomic E-state index is 9.99. The van der Waals surface area contributed by atoms with Gasteiger partial charge in [0.05, 0.1) is 0 Å². The number of rotatable bonds is 5. The van der Waals surface area contributed by atoms with Crippen LogP contribution in [0.25, 0.3) is 0 Å². The number of hydrogen-bond acceptors (Lipinski definition) is 1. The van der Waals surface area contributed by atoms with Crippen LogP contribution in [0.1, 0.15) is 0 Å². The normalized spacial score (nSPS) is 9.44. The van der Waals surface area contributed by atoms with Crippen LogP contribution < -0.4 is 0 Å². The molecule has 0 aliphatic heterocycles. The second-order valence-corrected chi connectivity index (χ2v) is 6.34. The van der Waals surface area contributed by atoms with Crippen molar-refractivity contribution in [1.29, 1.82) is 0 Å². The quantitative estimate of drug-likeness (QED) is 0.569. The molecule has 0 heterocycles. The minimum absolute atomic E-state index is 0.129. The van der Waals surface area contributed by atoms with Crippen LogP contribution in [0.4, 0.5) is 0 Å². The molecule has 0 fully saturated rings. The number of hydrogen-bond donors (Lipinski definition) is 1. The molecule has 0 aromatic heterocycles. The van der Waals surface area contributed by atoms with Gasteiger partial charge in [-0.1, -0.05) is 0 Å². The summed E-state index contributed by atoms with van der Waals surface area (Å²) < 4.78 is 0. The standard InChI is InChI=1S/C5H12O2Se2/c1-8-2-3-9-4-5(6)7/h8-9H,2-4H2,1H3,(H,6,7). The molecule has 1 N–H and O–H groups in total. The topological polar surface area (TPSA) is 37.3 Å². The van der Waals surface area contributed by atoms with Crippen molar-refractivity contribution in [3.63, 3.8) is 0 Å². The fourth-order valence-corrected chi connectivity index (χ4v) is 5.52. The molecule has 2 nitrogen and oxygen atoms in total. The van der Waals surface area contributed by atoms with Crippen LogP contribution in [-0.2, 0) is 4.79 Å². The summed E-state index contributed by atoms with van der Waals surface area (Å²) in [6.07, 6.45) is 0. The molecule has 4 heteroatoms. The van der Waals surface area contributed by atoms with E-state index >= 15 is 0 Å². The van der Waals surface area contributed by atoms with Crippen LogP contribution in [0, 0.1) is 0 Å². The summed E-state index contributed by atoms with van der Waals surface area (Å²) in [7, 11) is 0. The maximum atomic E-state index is 9.99. The average Bonchev–Trinajstić information content (AvgIpc) is 1.80. The van der Waals surface area contributed by atoms with Gasteiger partial charge in [0.1, 0.15) is 0 Å². The first kappa shape index (κ1) is 9.51. The van der Waals surface area contributed by atoms with E-state index in [1.165, 1.54) is 10.6 Å². The molecule has 0 aromatic rings. The molecule has 0 saturated carbocycles. The van der Waals surface area contributed by atoms with Crippen molar-refractivity contribution >= 4 is 35.9 Å². The summed E-state index contributed by atoms with van der Waals surface area (Å²) in [5.74, 6) is 1.60. The van der Waals surface area contributed by atoms with E-state index in [1.807, 2.05) is 0 Å². The van der Waals surface area contributed by atoms with Gasteiger partial charge in [0.15, 0.2) is 0 Å². The average molecular weight is 262 g/mol. The Balaban J connectivity index is 2.83. The van der Waals surface area contributed by atoms with E-state index in [2.05, 4.69) is 5.82 Å². The predicted molar refractivity (Wildman–Crippen MR) is 42.2 cm³/mol. The van der Waals surface area contributed by atoms with Gasteiger partial charge < -0.3 is 0 Å². The van der Waals surface area contributed by atoms with E-state index < -0.39 is 5.97 Å². The zero-order chi connectivity index (χ0) is 7.11. The van der Waals surface area contributed by atoms with Crippen LogP contribution in [-0.4, -0.2) is 41.0 Å². The molecule has 0 aliphatic rings. The zero-order valence-electron chi connectivity index (χ0n) is 5.37. The molecule has 56 valence electrons. The Labute approximate surface area is 67.7 Å². The molecule has 2 radical (unpaired) electrons. The van der Waals surface area contributed by atoms with Crippen molar-refractivity contribution in [3.8, 4) is 0 Å². The second kappa shape index (κ2) is 6.63. The Morgan fingerprint density at radius 1 is 1.56 bits per heavy atom. The summed E-state index contributed by atoms with van der Waals surface area (Å²) in [6, 6.07) is 0. The van der Waals surface area contributed by atoms with Crippen molar-refractivity contribution in [1.82, 2.24) is 0 Å². The number of carboxylic acid groups (broad SMARTS) is 1. The number of carbonyl (C=O) groups is 1. The molecule has 9 heavy (non-hydrogen) atoms. The van der Waals surface area contributed by atoms with Crippen LogP contribution in [0.3, 0.4) is 0 Å². The summed E-state index contributed by atoms with van der Waals surface area (Å²) in [5, 5.41) is 11.2. The molecule has 0 unspecified atom stereocenters. The molecule has 0 aliphatic carbocycles. The van der Waals surface area contributed by atoms with Crippen molar-refractivity contribution in [2.75, 3.05) is 0 Å². The fraction of sp³-hybridized carbons (Fsp3) is 0.800. The van der Waals surface area contributed by atoms with Gasteiger partial charge >= 0.3 is 67.6 Å². The first-order valence-corrected chi connectivity index (χ1v) is 8.53. The molecule has 0 bridgehead atoms. The van der Waals surface area contributed by atoms with Crippen LogP contribution >= 0.6 is 0 Å². The Bertz CT molecular complexity index is 85.0. The minimum atomic E-state index is -0.623. The number of aliphatic carboxylic acids is 1. The Hall–Kier alpha value is 0.509. The van der Waals surface area contributed by atoms with E-state index in [0.717, 1.165) is 0 Å². The third-order valence-corrected chi connectivity index (χ3v) is 5.97. The van der Waals surface area contributed by atoms with E-state index in [0.29, 0.717) is 20.3 Å². The van der Waals surface area contributed by atoms with Crippen molar-refractivity contribution in [2.45, 2.75) is 21.8 Å². The molecule has 0 atom stereocenters. The molecular formula is C5H12O2Se2. The second-order valence-electron chi connectivity index (χ2n) is 1.54. The van der Waals surface area contributed by atoms with E-state index in [4.69, 9.17) is 5.11 Å². The third-order valence-electron chi connectivity index (χ3n) is 0.729. The summed E-state index contributed by atoms with van der Waals surface area (Å²) in [5.41, 5.74) is 0. The monoisotopic (exact) mass is 264 g/mol. The SMILES string of the molecule is C[SeH]CC[SeH]CC(=O)O. The Morgan fingerprint density at radius 3 is 2.67 bits per heavy atom. The van der Waals surface area contributed by atoms with Gasteiger partial charge in [0, 0.05) is 0 Å². The van der Waals surface area contributed by atoms with Gasteiger partial charge in [-0.25, -0.2) is 0 Å². The number of carboxylic acids is 1. The fourth-order valence-electron chi connectivity index (χ4n) is 0.345. The van der Waals surface area contributed by atoms with Crippen molar-refractivity contribution in [2.24, 2.45) is 0 Å². The van der Waals surface area contributed by atoms with Crippen molar-refractivity contribution < 1.29 is 9.90 Å². The van der Waals surface area contributed by atoms with E-state index in [9.17, 15) is 4.79 Å². The van der Waals surface area contributed by atoms with Gasteiger partial charge in [-0.3, -0.25) is 0 Å². The predicted octanol–water partition coefficient (Wildman–Crippen LogP) is 0.247. The first-order chi connectivity index (χ1) is 4.27. The van der Waals surface area contributed by atoms with Crippen LogP contribution in [0.2, 0.25) is 21.8 Å². The molecule has 0 saturated heterocycles. The zero-order valence-corrected chi connectivity index (χ0v) is 9.12. The van der Waals surface area contributed by atoms with Crippen LogP contribution in [0.15, 0.2) is 0 Å². The Morgan fingerprint density at radius 2 is 2.22 bits per heavy atom. The molecule has 0 amide bonds. The van der Waals surface area contributed by atoms with Gasteiger partial charge in [-0.2, -0.15) is 0 Å². The first-order valence-electron chi connectivity index (χ1n) is 2.68. The molecular weight excluding hydrogens is 250 g/mol. The summed E-state index contributed by atoms with van der Waals surface area (Å²) in [4.78, 5) is 9.99. The van der Waals surface area contributed by atoms with Gasteiger partial charge in [-0.05, 0) is 0 Å². The van der Waals surface area contributed by atoms with E-state index in [-0.39, 0.29) is 15.0 Å². The van der Waals surface area contributed by atoms with Crippen molar-refractivity contribution in [3.05, 3.63) is 0 Å². The van der Waals surface area contributed by atoms with Gasteiger partial charge in [0.25, 0.3) is 0 Å². The van der Waals surface area contributed by atoms with Gasteiger partial charge in [0.2, 0.25) is 0 Å². The molecule has 0 spiro atoms. The van der Waals surface area contributed by atoms with E-state index in [1.54, 1.807) is 0 Å². The Kier molecular flexibility index (Phi) is 7.00. The summed E-state index contributed by atoms with van der Waals surface area (Å²) >= 11 is 0.650. The van der Waals surface area contributed by atoms with Crippen LogP contribution in [0.5, 0.6) is 0 Å². The third kappa shape index (κ3) is 8.51. The van der Waals surface area contributed by atoms with Gasteiger partial charge in [-0.15, -0.1) is 0 Å². The summed E-state index contributed by atoms with van der Waals surface area (Å²) in [6.45, 7) is 0. The molecule has 0 aromatic carbocycles. The molecule has 0 rings (SSSR count).